The van der Waals surface area contributed by atoms with E-state index in [-0.39, 0.29) is 36.7 Å². The predicted octanol–water partition coefficient (Wildman–Crippen LogP) is 3.66. The molecule has 0 radical (unpaired) electrons. The van der Waals surface area contributed by atoms with E-state index < -0.39 is 29.9 Å². The van der Waals surface area contributed by atoms with Gasteiger partial charge in [0.05, 0.1) is 23.1 Å². The van der Waals surface area contributed by atoms with Crippen LogP contribution in [0.15, 0.2) is 59.7 Å². The van der Waals surface area contributed by atoms with Crippen molar-refractivity contribution >= 4 is 46.1 Å². The van der Waals surface area contributed by atoms with Gasteiger partial charge in [0, 0.05) is 35.3 Å². The molecule has 49 heavy (non-hydrogen) atoms. The number of nitrogens with one attached hydrogen (secondary N) is 4. The van der Waals surface area contributed by atoms with Crippen LogP contribution in [0.3, 0.4) is 0 Å². The Morgan fingerprint density at radius 3 is 2.04 bits per heavy atom. The molecule has 0 atom stereocenters. The predicted molar refractivity (Wildman–Crippen MR) is 166 cm³/mol. The monoisotopic (exact) mass is 700 g/mol. The van der Waals surface area contributed by atoms with E-state index in [1.54, 1.807) is 42.7 Å². The number of carbonyl (C=O) groups is 3. The summed E-state index contributed by atoms with van der Waals surface area (Å²) in [6.07, 6.45) is -6.80. The van der Waals surface area contributed by atoms with E-state index in [4.69, 9.17) is 36.7 Å². The number of nitrogens with two attached hydrogens (primary N) is 2. The molecule has 0 saturated heterocycles. The number of fused-ring (bicyclic) bond motifs is 1. The van der Waals surface area contributed by atoms with Gasteiger partial charge >= 0.3 is 24.3 Å². The van der Waals surface area contributed by atoms with Crippen LogP contribution < -0.4 is 27.7 Å². The van der Waals surface area contributed by atoms with Crippen molar-refractivity contribution in [2.75, 3.05) is 11.1 Å². The first-order valence-corrected chi connectivity index (χ1v) is 13.6. The molecule has 0 bridgehead atoms. The first-order chi connectivity index (χ1) is 22.6. The van der Waals surface area contributed by atoms with E-state index in [0.29, 0.717) is 22.5 Å². The Balaban J connectivity index is 0.000000500. The number of amides is 1. The lowest BCUT2D eigenvalue weighted by molar-refractivity contribution is -0.193. The number of alkyl halides is 6. The molecule has 264 valence electrons. The summed E-state index contributed by atoms with van der Waals surface area (Å²) in [6.45, 7) is 3.89. The molecule has 2 aromatic carbocycles. The Hall–Kier alpha value is -6.08. The average Bonchev–Trinajstić information content (AvgIpc) is 3.47. The highest BCUT2D eigenvalue weighted by Gasteiger charge is 2.38. The number of H-pyrrole nitrogens is 1. The summed E-state index contributed by atoms with van der Waals surface area (Å²) >= 11 is 0. The van der Waals surface area contributed by atoms with Crippen LogP contribution in [0.2, 0.25) is 0 Å². The molecule has 0 saturated carbocycles. The minimum absolute atomic E-state index is 0.00634. The standard InChI is InChI=1S/C25H28N8O2.2C2HF3O2/c1-14(2)32-24-25(35)33(13-21(34)30-11-15-3-5-16(6-4-15)23(27)28)20(12-31-24)18-9-17-7-8-29-22(17)19(26)10-18;2*3-2(4,5)1(6)7/h3-10,12,14,29H,11,13,26H2,1-2H3,(H3,27,28)(H,30,34)(H,31,32);2*(H,6,7). The smallest absolute Gasteiger partial charge is 0.475 e. The maximum atomic E-state index is 13.3. The first-order valence-electron chi connectivity index (χ1n) is 13.6. The van der Waals surface area contributed by atoms with Crippen LogP contribution in [-0.4, -0.2) is 66.8 Å². The van der Waals surface area contributed by atoms with Crippen molar-refractivity contribution in [3.05, 3.63) is 76.3 Å². The summed E-state index contributed by atoms with van der Waals surface area (Å²) in [6, 6.07) is 12.6. The number of carbonyl (C=O) groups excluding carboxylic acids is 1. The van der Waals surface area contributed by atoms with Crippen LogP contribution in [0, 0.1) is 5.41 Å². The number of carboxylic acid groups (broad SMARTS) is 2. The number of nitrogen functional groups attached to an aromatic ring is 2. The van der Waals surface area contributed by atoms with Crippen LogP contribution >= 0.6 is 0 Å². The number of aromatic nitrogens is 3. The van der Waals surface area contributed by atoms with Gasteiger partial charge in [0.25, 0.3) is 5.56 Å². The second-order valence-electron chi connectivity index (χ2n) is 10.2. The zero-order chi connectivity index (χ0) is 37.3. The van der Waals surface area contributed by atoms with Gasteiger partial charge in [-0.1, -0.05) is 24.3 Å². The average molecular weight is 701 g/mol. The van der Waals surface area contributed by atoms with Crippen molar-refractivity contribution in [3.8, 4) is 11.3 Å². The molecule has 14 nitrogen and oxygen atoms in total. The molecule has 0 fully saturated rings. The van der Waals surface area contributed by atoms with E-state index in [2.05, 4.69) is 20.6 Å². The van der Waals surface area contributed by atoms with Crippen molar-refractivity contribution in [1.82, 2.24) is 19.9 Å². The van der Waals surface area contributed by atoms with Crippen molar-refractivity contribution in [2.45, 2.75) is 45.3 Å². The summed E-state index contributed by atoms with van der Waals surface area (Å²) in [7, 11) is 0. The van der Waals surface area contributed by atoms with Crippen LogP contribution in [-0.2, 0) is 27.5 Å². The molecule has 0 spiro atoms. The third-order valence-electron chi connectivity index (χ3n) is 6.01. The van der Waals surface area contributed by atoms with Gasteiger partial charge in [-0.25, -0.2) is 14.6 Å². The zero-order valence-electron chi connectivity index (χ0n) is 25.5. The number of nitrogens with zero attached hydrogens (tertiary/aromatic N) is 2. The van der Waals surface area contributed by atoms with E-state index in [1.165, 1.54) is 4.57 Å². The number of carboxylic acids is 2. The Morgan fingerprint density at radius 1 is 1.00 bits per heavy atom. The maximum Gasteiger partial charge on any atom is 0.490 e. The molecule has 0 aliphatic carbocycles. The number of anilines is 2. The number of halogens is 6. The number of aliphatic carboxylic acids is 2. The highest BCUT2D eigenvalue weighted by Crippen LogP contribution is 2.28. The van der Waals surface area contributed by atoms with E-state index in [1.807, 2.05) is 26.0 Å². The van der Waals surface area contributed by atoms with Gasteiger partial charge in [-0.05, 0) is 37.6 Å². The molecule has 1 amide bonds. The normalized spacial score (nSPS) is 11.1. The molecule has 2 heterocycles. The number of rotatable bonds is 8. The van der Waals surface area contributed by atoms with Gasteiger partial charge in [0.1, 0.15) is 12.4 Å². The molecule has 20 heteroatoms. The van der Waals surface area contributed by atoms with Gasteiger partial charge in [-0.2, -0.15) is 26.3 Å². The third-order valence-corrected chi connectivity index (χ3v) is 6.01. The van der Waals surface area contributed by atoms with Crippen LogP contribution in [0.5, 0.6) is 0 Å². The number of amidine groups is 1. The zero-order valence-corrected chi connectivity index (χ0v) is 25.5. The fourth-order valence-electron chi connectivity index (χ4n) is 3.80. The van der Waals surface area contributed by atoms with Crippen LogP contribution in [0.1, 0.15) is 25.0 Å². The summed E-state index contributed by atoms with van der Waals surface area (Å²) in [5, 5.41) is 28.5. The summed E-state index contributed by atoms with van der Waals surface area (Å²) in [4.78, 5) is 51.4. The van der Waals surface area contributed by atoms with Gasteiger partial charge in [0.15, 0.2) is 5.82 Å². The lowest BCUT2D eigenvalue weighted by atomic mass is 10.1. The lowest BCUT2D eigenvalue weighted by Crippen LogP contribution is -2.35. The van der Waals surface area contributed by atoms with Crippen molar-refractivity contribution < 1.29 is 50.9 Å². The highest BCUT2D eigenvalue weighted by molar-refractivity contribution is 5.95. The third kappa shape index (κ3) is 11.6. The second-order valence-corrected chi connectivity index (χ2v) is 10.2. The van der Waals surface area contributed by atoms with Crippen molar-refractivity contribution in [2.24, 2.45) is 5.73 Å². The fraction of sp³-hybridized carbons (Fsp3) is 0.241. The second kappa shape index (κ2) is 16.2. The quantitative estimate of drug-likeness (QED) is 0.0574. The molecule has 4 aromatic rings. The Bertz CT molecular complexity index is 1840. The molecule has 0 unspecified atom stereocenters. The lowest BCUT2D eigenvalue weighted by Gasteiger charge is -2.16. The summed E-state index contributed by atoms with van der Waals surface area (Å²) < 4.78 is 64.9. The van der Waals surface area contributed by atoms with Gasteiger partial charge in [0.2, 0.25) is 5.91 Å². The van der Waals surface area contributed by atoms with Gasteiger partial charge < -0.3 is 37.3 Å². The fourth-order valence-corrected chi connectivity index (χ4v) is 3.80. The number of hydrogen-bond donors (Lipinski definition) is 8. The Kier molecular flexibility index (Phi) is 12.9. The molecule has 0 aliphatic heterocycles. The van der Waals surface area contributed by atoms with Crippen LogP contribution in [0.25, 0.3) is 22.2 Å². The molecular formula is C29H30F6N8O6. The van der Waals surface area contributed by atoms with Crippen LogP contribution in [0.4, 0.5) is 37.8 Å². The number of hydrogen-bond acceptors (Lipinski definition) is 8. The maximum absolute atomic E-state index is 13.3. The summed E-state index contributed by atoms with van der Waals surface area (Å²) in [5.74, 6) is -5.69. The van der Waals surface area contributed by atoms with E-state index in [9.17, 15) is 35.9 Å². The molecule has 4 rings (SSSR count). The highest BCUT2D eigenvalue weighted by atomic mass is 19.4. The van der Waals surface area contributed by atoms with Crippen molar-refractivity contribution in [1.29, 1.82) is 5.41 Å². The topological polar surface area (TPSA) is 242 Å². The molecule has 0 aliphatic rings. The van der Waals surface area contributed by atoms with Crippen molar-refractivity contribution in [3.63, 3.8) is 0 Å². The minimum atomic E-state index is -5.08. The number of aromatic amines is 1. The van der Waals surface area contributed by atoms with Gasteiger partial charge in [-0.15, -0.1) is 0 Å². The summed E-state index contributed by atoms with van der Waals surface area (Å²) in [5.41, 5.74) is 15.3. The molecule has 2 aromatic heterocycles. The number of benzene rings is 2. The SMILES string of the molecule is CC(C)Nc1ncc(-c2cc(N)c3[nH]ccc3c2)n(CC(=O)NCc2ccc(C(=N)N)cc2)c1=O.O=C(O)C(F)(F)F.O=C(O)C(F)(F)F. The molecule has 10 N–H and O–H groups in total. The molecular weight excluding hydrogens is 670 g/mol. The van der Waals surface area contributed by atoms with E-state index >= 15 is 0 Å². The Labute approximate surface area is 272 Å². The minimum Gasteiger partial charge on any atom is -0.475 e. The van der Waals surface area contributed by atoms with E-state index in [0.717, 1.165) is 16.5 Å². The first kappa shape index (κ1) is 39.1. The largest absolute Gasteiger partial charge is 0.490 e. The Morgan fingerprint density at radius 2 is 1.55 bits per heavy atom. The van der Waals surface area contributed by atoms with Gasteiger partial charge in [-0.3, -0.25) is 19.6 Å².